The molecule has 1 atom stereocenters. The summed E-state index contributed by atoms with van der Waals surface area (Å²) >= 11 is 0. The Bertz CT molecular complexity index is 1390. The van der Waals surface area contributed by atoms with E-state index in [9.17, 15) is 9.59 Å². The second-order valence-electron chi connectivity index (χ2n) is 8.84. The average molecular weight is 474 g/mol. The van der Waals surface area contributed by atoms with Crippen molar-refractivity contribution in [1.82, 2.24) is 24.9 Å². The fourth-order valence-electron chi connectivity index (χ4n) is 4.52. The third-order valence-electron chi connectivity index (χ3n) is 6.20. The van der Waals surface area contributed by atoms with Crippen molar-refractivity contribution in [2.75, 3.05) is 6.61 Å². The number of fused-ring (bicyclic) bond motifs is 3. The zero-order chi connectivity index (χ0) is 25.1. The summed E-state index contributed by atoms with van der Waals surface area (Å²) in [5.74, 6) is -0.641. The van der Waals surface area contributed by atoms with Crippen molar-refractivity contribution in [3.05, 3.63) is 70.2 Å². The van der Waals surface area contributed by atoms with Crippen molar-refractivity contribution < 1.29 is 14.3 Å². The first-order valence-electron chi connectivity index (χ1n) is 11.9. The van der Waals surface area contributed by atoms with Crippen LogP contribution in [0.3, 0.4) is 0 Å². The molecule has 0 saturated carbocycles. The van der Waals surface area contributed by atoms with Crippen LogP contribution in [0.25, 0.3) is 16.7 Å². The zero-order valence-electron chi connectivity index (χ0n) is 20.9. The van der Waals surface area contributed by atoms with Crippen molar-refractivity contribution in [2.24, 2.45) is 0 Å². The molecule has 1 N–H and O–H groups in total. The van der Waals surface area contributed by atoms with Crippen LogP contribution in [0.2, 0.25) is 0 Å². The highest BCUT2D eigenvalue weighted by Crippen LogP contribution is 2.25. The number of nitrogens with zero attached hydrogens (tertiary/aromatic N) is 4. The molecular formula is C27H31N5O3. The molecule has 1 amide bonds. The first kappa shape index (κ1) is 24.3. The van der Waals surface area contributed by atoms with Crippen LogP contribution in [-0.2, 0) is 27.2 Å². The number of esters is 1. The van der Waals surface area contributed by atoms with Gasteiger partial charge in [-0.3, -0.25) is 4.79 Å². The Hall–Kier alpha value is -3.81. The van der Waals surface area contributed by atoms with Crippen molar-refractivity contribution in [3.8, 4) is 0 Å². The number of carbonyl (C=O) groups excluding carboxylic acids is 2. The molecular weight excluding hydrogens is 442 g/mol. The standard InChI is InChI=1S/C27H31N5O3/c1-6-35-27(34)22(15-20-10-8-7-9-11-20)30-23(33)13-12-21-18(4)29-26-24-16(2)14-17(3)28-25(24)31-32(26)19(21)5/h7-11,14,22H,6,12-13,15H2,1-5H3,(H,30,33). The highest BCUT2D eigenvalue weighted by molar-refractivity contribution is 5.93. The molecule has 35 heavy (non-hydrogen) atoms. The third-order valence-corrected chi connectivity index (χ3v) is 6.20. The SMILES string of the molecule is CCOC(=O)C(Cc1ccccc1)NC(=O)CCc1c(C)nc2c3c(C)cc(C)nc3nn2c1C. The van der Waals surface area contributed by atoms with Crippen molar-refractivity contribution >= 4 is 28.6 Å². The van der Waals surface area contributed by atoms with Gasteiger partial charge in [-0.05, 0) is 63.8 Å². The van der Waals surface area contributed by atoms with Crippen molar-refractivity contribution in [1.29, 1.82) is 0 Å². The van der Waals surface area contributed by atoms with E-state index < -0.39 is 12.0 Å². The second-order valence-corrected chi connectivity index (χ2v) is 8.84. The maximum Gasteiger partial charge on any atom is 0.328 e. The molecule has 0 spiro atoms. The molecule has 0 radical (unpaired) electrons. The first-order chi connectivity index (χ1) is 16.8. The molecule has 8 nitrogen and oxygen atoms in total. The van der Waals surface area contributed by atoms with Crippen LogP contribution in [-0.4, -0.2) is 44.1 Å². The lowest BCUT2D eigenvalue weighted by molar-refractivity contribution is -0.147. The molecule has 0 saturated heterocycles. The number of pyridine rings is 1. The van der Waals surface area contributed by atoms with Gasteiger partial charge in [0.15, 0.2) is 11.3 Å². The molecule has 0 fully saturated rings. The molecule has 4 rings (SSSR count). The highest BCUT2D eigenvalue weighted by Gasteiger charge is 2.23. The highest BCUT2D eigenvalue weighted by atomic mass is 16.5. The Balaban J connectivity index is 1.53. The molecule has 3 heterocycles. The Labute approximate surface area is 204 Å². The Morgan fingerprint density at radius 1 is 1.09 bits per heavy atom. The monoisotopic (exact) mass is 473 g/mol. The van der Waals surface area contributed by atoms with Gasteiger partial charge in [-0.1, -0.05) is 30.3 Å². The molecule has 0 aliphatic rings. The minimum absolute atomic E-state index is 0.211. The largest absolute Gasteiger partial charge is 0.464 e. The quantitative estimate of drug-likeness (QED) is 0.392. The number of benzene rings is 1. The predicted octanol–water partition coefficient (Wildman–Crippen LogP) is 3.73. The van der Waals surface area contributed by atoms with E-state index >= 15 is 0 Å². The Kier molecular flexibility index (Phi) is 7.10. The lowest BCUT2D eigenvalue weighted by atomic mass is 10.0. The predicted molar refractivity (Wildman–Crippen MR) is 134 cm³/mol. The normalized spacial score (nSPS) is 12.1. The number of nitrogens with one attached hydrogen (secondary N) is 1. The van der Waals surface area contributed by atoms with E-state index in [1.165, 1.54) is 0 Å². The number of carbonyl (C=O) groups is 2. The second kappa shape index (κ2) is 10.2. The van der Waals surface area contributed by atoms with Gasteiger partial charge in [-0.2, -0.15) is 0 Å². The Morgan fingerprint density at radius 3 is 2.54 bits per heavy atom. The summed E-state index contributed by atoms with van der Waals surface area (Å²) in [4.78, 5) is 34.7. The van der Waals surface area contributed by atoms with Crippen LogP contribution < -0.4 is 5.32 Å². The molecule has 0 aliphatic carbocycles. The fraction of sp³-hybridized carbons (Fsp3) is 0.370. The number of hydrogen-bond acceptors (Lipinski definition) is 6. The fourth-order valence-corrected chi connectivity index (χ4v) is 4.52. The molecule has 1 aromatic carbocycles. The molecule has 3 aromatic heterocycles. The van der Waals surface area contributed by atoms with E-state index in [4.69, 9.17) is 9.72 Å². The van der Waals surface area contributed by atoms with Gasteiger partial charge in [-0.15, -0.1) is 5.10 Å². The van der Waals surface area contributed by atoms with Crippen LogP contribution in [0.4, 0.5) is 0 Å². The maximum atomic E-state index is 12.9. The summed E-state index contributed by atoms with van der Waals surface area (Å²) in [6.07, 6.45) is 1.08. The first-order valence-corrected chi connectivity index (χ1v) is 11.9. The van der Waals surface area contributed by atoms with E-state index in [-0.39, 0.29) is 18.9 Å². The number of amides is 1. The van der Waals surface area contributed by atoms with Gasteiger partial charge in [0.1, 0.15) is 6.04 Å². The van der Waals surface area contributed by atoms with E-state index in [0.717, 1.165) is 44.8 Å². The van der Waals surface area contributed by atoms with Crippen molar-refractivity contribution in [3.63, 3.8) is 0 Å². The van der Waals surface area contributed by atoms with E-state index in [1.54, 1.807) is 6.92 Å². The van der Waals surface area contributed by atoms with Crippen LogP contribution in [0.1, 0.15) is 47.1 Å². The van der Waals surface area contributed by atoms with Crippen LogP contribution in [0.5, 0.6) is 0 Å². The van der Waals surface area contributed by atoms with Gasteiger partial charge < -0.3 is 10.1 Å². The topological polar surface area (TPSA) is 98.5 Å². The van der Waals surface area contributed by atoms with Gasteiger partial charge in [0.25, 0.3) is 0 Å². The van der Waals surface area contributed by atoms with Crippen molar-refractivity contribution in [2.45, 2.75) is 59.9 Å². The summed E-state index contributed by atoms with van der Waals surface area (Å²) in [6, 6.07) is 10.9. The molecule has 0 aliphatic heterocycles. The zero-order valence-corrected chi connectivity index (χ0v) is 20.9. The molecule has 8 heteroatoms. The van der Waals surface area contributed by atoms with Crippen LogP contribution in [0.15, 0.2) is 36.4 Å². The summed E-state index contributed by atoms with van der Waals surface area (Å²) < 4.78 is 7.01. The summed E-state index contributed by atoms with van der Waals surface area (Å²) in [5, 5.41) is 8.50. The maximum absolute atomic E-state index is 12.9. The number of hydrogen-bond donors (Lipinski definition) is 1. The van der Waals surface area contributed by atoms with E-state index in [0.29, 0.717) is 18.5 Å². The molecule has 182 valence electrons. The van der Waals surface area contributed by atoms with E-state index in [1.807, 2.05) is 68.6 Å². The minimum Gasteiger partial charge on any atom is -0.464 e. The lowest BCUT2D eigenvalue weighted by Crippen LogP contribution is -2.43. The molecule has 0 bridgehead atoms. The summed E-state index contributed by atoms with van der Waals surface area (Å²) in [5.41, 5.74) is 7.16. The van der Waals surface area contributed by atoms with Crippen LogP contribution >= 0.6 is 0 Å². The van der Waals surface area contributed by atoms with Crippen LogP contribution in [0, 0.1) is 27.7 Å². The minimum atomic E-state index is -0.735. The number of aromatic nitrogens is 4. The summed E-state index contributed by atoms with van der Waals surface area (Å²) in [7, 11) is 0. The molecule has 4 aromatic rings. The number of aryl methyl sites for hydroxylation is 4. The van der Waals surface area contributed by atoms with E-state index in [2.05, 4.69) is 15.4 Å². The van der Waals surface area contributed by atoms with Gasteiger partial charge in [0.2, 0.25) is 5.91 Å². The van der Waals surface area contributed by atoms with Gasteiger partial charge in [0, 0.05) is 29.9 Å². The van der Waals surface area contributed by atoms with Gasteiger partial charge in [-0.25, -0.2) is 19.3 Å². The number of rotatable bonds is 8. The smallest absolute Gasteiger partial charge is 0.328 e. The van der Waals surface area contributed by atoms with Gasteiger partial charge in [0.05, 0.1) is 12.0 Å². The number of ether oxygens (including phenoxy) is 1. The Morgan fingerprint density at radius 2 is 1.83 bits per heavy atom. The van der Waals surface area contributed by atoms with Gasteiger partial charge >= 0.3 is 5.97 Å². The summed E-state index contributed by atoms with van der Waals surface area (Å²) in [6.45, 7) is 9.94. The average Bonchev–Trinajstić information content (AvgIpc) is 3.18. The third kappa shape index (κ3) is 5.16. The lowest BCUT2D eigenvalue weighted by Gasteiger charge is -2.18. The molecule has 1 unspecified atom stereocenters.